The van der Waals surface area contributed by atoms with Crippen molar-refractivity contribution in [2.45, 2.75) is 0 Å². The Kier molecular flexibility index (Phi) is 5.53. The summed E-state index contributed by atoms with van der Waals surface area (Å²) in [7, 11) is 1.52. The van der Waals surface area contributed by atoms with Crippen LogP contribution in [-0.4, -0.2) is 24.9 Å². The van der Waals surface area contributed by atoms with E-state index in [2.05, 4.69) is 21.3 Å². The number of rotatable bonds is 5. The lowest BCUT2D eigenvalue weighted by Crippen LogP contribution is -2.24. The molecule has 0 fully saturated rings. The lowest BCUT2D eigenvalue weighted by atomic mass is 10.2. The van der Waals surface area contributed by atoms with Gasteiger partial charge in [0.1, 0.15) is 0 Å². The zero-order chi connectivity index (χ0) is 19.2. The van der Waals surface area contributed by atoms with Crippen LogP contribution in [0.15, 0.2) is 59.2 Å². The van der Waals surface area contributed by atoms with E-state index >= 15 is 0 Å². The Labute approximate surface area is 158 Å². The van der Waals surface area contributed by atoms with Gasteiger partial charge in [0.25, 0.3) is 11.8 Å². The first kappa shape index (κ1) is 18.2. The molecule has 0 radical (unpaired) electrons. The fourth-order valence-corrected chi connectivity index (χ4v) is 2.93. The molecular formula is C18H16N4O4S. The molecule has 0 atom stereocenters. The fourth-order valence-electron chi connectivity index (χ4n) is 2.13. The molecule has 4 N–H and O–H groups in total. The van der Waals surface area contributed by atoms with Gasteiger partial charge in [-0.25, -0.2) is 4.79 Å². The van der Waals surface area contributed by atoms with Gasteiger partial charge in [-0.05, 0) is 48.5 Å². The Morgan fingerprint density at radius 2 is 1.56 bits per heavy atom. The predicted octanol–water partition coefficient (Wildman–Crippen LogP) is 3.60. The standard InChI is InChI=1S/C18H16N4O4S/c1-19-18(25)21-12-6-4-11(5-7-12)20-17(24)14-8-9-15(27-14)22-16(23)13-3-2-10-26-13/h2-10H,1H3,(H,20,24)(H,22,23)(H2,19,21,25). The molecule has 0 aliphatic heterocycles. The Balaban J connectivity index is 1.59. The van der Waals surface area contributed by atoms with Crippen LogP contribution in [0.4, 0.5) is 21.2 Å². The van der Waals surface area contributed by atoms with Crippen LogP contribution in [0, 0.1) is 0 Å². The topological polar surface area (TPSA) is 112 Å². The number of thiophene rings is 1. The molecule has 0 bridgehead atoms. The molecule has 0 aliphatic rings. The van der Waals surface area contributed by atoms with Gasteiger partial charge in [-0.15, -0.1) is 11.3 Å². The van der Waals surface area contributed by atoms with Crippen molar-refractivity contribution in [1.29, 1.82) is 0 Å². The number of benzene rings is 1. The van der Waals surface area contributed by atoms with Crippen molar-refractivity contribution in [2.75, 3.05) is 23.0 Å². The fraction of sp³-hybridized carbons (Fsp3) is 0.0556. The maximum absolute atomic E-state index is 12.3. The van der Waals surface area contributed by atoms with Crippen LogP contribution in [0.5, 0.6) is 0 Å². The third-order valence-corrected chi connectivity index (χ3v) is 4.44. The smallest absolute Gasteiger partial charge is 0.318 e. The highest BCUT2D eigenvalue weighted by Gasteiger charge is 2.13. The average molecular weight is 384 g/mol. The van der Waals surface area contributed by atoms with E-state index in [1.54, 1.807) is 48.5 Å². The van der Waals surface area contributed by atoms with E-state index in [1.165, 1.54) is 13.3 Å². The van der Waals surface area contributed by atoms with E-state index in [9.17, 15) is 14.4 Å². The van der Waals surface area contributed by atoms with Gasteiger partial charge in [0.15, 0.2) is 5.76 Å². The van der Waals surface area contributed by atoms with Crippen LogP contribution in [0.1, 0.15) is 20.2 Å². The average Bonchev–Trinajstić information content (AvgIpc) is 3.35. The second kappa shape index (κ2) is 8.19. The number of hydrogen-bond donors (Lipinski definition) is 4. The lowest BCUT2D eigenvalue weighted by Gasteiger charge is -2.07. The van der Waals surface area contributed by atoms with Crippen molar-refractivity contribution in [3.63, 3.8) is 0 Å². The third kappa shape index (κ3) is 4.73. The van der Waals surface area contributed by atoms with Gasteiger partial charge in [0, 0.05) is 18.4 Å². The summed E-state index contributed by atoms with van der Waals surface area (Å²) in [6, 6.07) is 12.8. The third-order valence-electron chi connectivity index (χ3n) is 3.44. The number of urea groups is 1. The SMILES string of the molecule is CNC(=O)Nc1ccc(NC(=O)c2ccc(NC(=O)c3ccco3)s2)cc1. The molecule has 138 valence electrons. The molecule has 3 aromatic rings. The van der Waals surface area contributed by atoms with Gasteiger partial charge in [0.05, 0.1) is 16.1 Å². The number of hydrogen-bond acceptors (Lipinski definition) is 5. The summed E-state index contributed by atoms with van der Waals surface area (Å²) in [6.07, 6.45) is 1.41. The molecule has 0 unspecified atom stereocenters. The first-order chi connectivity index (χ1) is 13.0. The molecule has 0 saturated carbocycles. The van der Waals surface area contributed by atoms with E-state index in [-0.39, 0.29) is 23.6 Å². The molecule has 3 rings (SSSR count). The molecule has 0 saturated heterocycles. The largest absolute Gasteiger partial charge is 0.459 e. The van der Waals surface area contributed by atoms with Crippen molar-refractivity contribution in [3.05, 3.63) is 65.4 Å². The van der Waals surface area contributed by atoms with Crippen LogP contribution in [0.25, 0.3) is 0 Å². The monoisotopic (exact) mass is 384 g/mol. The van der Waals surface area contributed by atoms with Crippen molar-refractivity contribution >= 4 is 45.6 Å². The summed E-state index contributed by atoms with van der Waals surface area (Å²) in [5.41, 5.74) is 1.18. The number of amides is 4. The molecule has 4 amide bonds. The van der Waals surface area contributed by atoms with Crippen molar-refractivity contribution in [2.24, 2.45) is 0 Å². The van der Waals surface area contributed by atoms with Gasteiger partial charge in [-0.2, -0.15) is 0 Å². The van der Waals surface area contributed by atoms with Gasteiger partial charge in [0.2, 0.25) is 0 Å². The normalized spacial score (nSPS) is 10.1. The minimum Gasteiger partial charge on any atom is -0.459 e. The van der Waals surface area contributed by atoms with Crippen LogP contribution >= 0.6 is 11.3 Å². The summed E-state index contributed by atoms with van der Waals surface area (Å²) in [4.78, 5) is 36.0. The Morgan fingerprint density at radius 3 is 2.19 bits per heavy atom. The summed E-state index contributed by atoms with van der Waals surface area (Å²) in [6.45, 7) is 0. The molecule has 2 aromatic heterocycles. The molecule has 8 nitrogen and oxygen atoms in total. The molecule has 9 heteroatoms. The zero-order valence-corrected chi connectivity index (χ0v) is 15.1. The van der Waals surface area contributed by atoms with Gasteiger partial charge >= 0.3 is 6.03 Å². The van der Waals surface area contributed by atoms with Crippen molar-refractivity contribution in [3.8, 4) is 0 Å². The number of furan rings is 1. The minimum atomic E-state index is -0.381. The summed E-state index contributed by atoms with van der Waals surface area (Å²) < 4.78 is 5.02. The van der Waals surface area contributed by atoms with Gasteiger partial charge in [-0.3, -0.25) is 9.59 Å². The van der Waals surface area contributed by atoms with Crippen LogP contribution in [-0.2, 0) is 0 Å². The highest BCUT2D eigenvalue weighted by molar-refractivity contribution is 7.18. The van der Waals surface area contributed by atoms with E-state index in [0.29, 0.717) is 21.3 Å². The lowest BCUT2D eigenvalue weighted by molar-refractivity contribution is 0.0995. The molecular weight excluding hydrogens is 368 g/mol. The van der Waals surface area contributed by atoms with Crippen LogP contribution < -0.4 is 21.3 Å². The highest BCUT2D eigenvalue weighted by atomic mass is 32.1. The quantitative estimate of drug-likeness (QED) is 0.538. The Morgan fingerprint density at radius 1 is 0.852 bits per heavy atom. The summed E-state index contributed by atoms with van der Waals surface area (Å²) >= 11 is 1.15. The first-order valence-corrected chi connectivity index (χ1v) is 8.71. The number of nitrogens with one attached hydrogen (secondary N) is 4. The van der Waals surface area contributed by atoms with Gasteiger partial charge < -0.3 is 25.7 Å². The number of carbonyl (C=O) groups excluding carboxylic acids is 3. The van der Waals surface area contributed by atoms with E-state index < -0.39 is 0 Å². The minimum absolute atomic E-state index is 0.194. The molecule has 2 heterocycles. The molecule has 0 aliphatic carbocycles. The molecule has 27 heavy (non-hydrogen) atoms. The number of carbonyl (C=O) groups is 3. The Bertz CT molecular complexity index is 948. The summed E-state index contributed by atoms with van der Waals surface area (Å²) in [5, 5.41) is 11.0. The Hall–Kier alpha value is -3.59. The van der Waals surface area contributed by atoms with E-state index in [4.69, 9.17) is 4.42 Å². The van der Waals surface area contributed by atoms with Gasteiger partial charge in [-0.1, -0.05) is 0 Å². The second-order valence-corrected chi connectivity index (χ2v) is 6.41. The maximum Gasteiger partial charge on any atom is 0.318 e. The maximum atomic E-state index is 12.3. The van der Waals surface area contributed by atoms with Crippen LogP contribution in [0.2, 0.25) is 0 Å². The van der Waals surface area contributed by atoms with E-state index in [1.807, 2.05) is 0 Å². The van der Waals surface area contributed by atoms with Crippen LogP contribution in [0.3, 0.4) is 0 Å². The van der Waals surface area contributed by atoms with Crippen molar-refractivity contribution < 1.29 is 18.8 Å². The number of anilines is 3. The highest BCUT2D eigenvalue weighted by Crippen LogP contribution is 2.24. The predicted molar refractivity (Wildman–Crippen MR) is 103 cm³/mol. The zero-order valence-electron chi connectivity index (χ0n) is 14.2. The van der Waals surface area contributed by atoms with Crippen molar-refractivity contribution in [1.82, 2.24) is 5.32 Å². The second-order valence-electron chi connectivity index (χ2n) is 5.33. The van der Waals surface area contributed by atoms with E-state index in [0.717, 1.165) is 11.3 Å². The molecule has 0 spiro atoms. The molecule has 1 aromatic carbocycles. The first-order valence-electron chi connectivity index (χ1n) is 7.90. The summed E-state index contributed by atoms with van der Waals surface area (Å²) in [5.74, 6) is -0.488.